The number of carbonyl (C=O) groups is 7. The van der Waals surface area contributed by atoms with Crippen LogP contribution in [-0.4, -0.2) is 130 Å². The lowest BCUT2D eigenvalue weighted by Gasteiger charge is -2.07. The van der Waals surface area contributed by atoms with Crippen molar-refractivity contribution in [2.45, 2.75) is 122 Å². The molecule has 0 rings (SSSR count). The van der Waals surface area contributed by atoms with Gasteiger partial charge in [-0.3, -0.25) is 19.2 Å². The first kappa shape index (κ1) is 156. The van der Waals surface area contributed by atoms with Crippen molar-refractivity contribution in [1.29, 1.82) is 0 Å². The molecular weight excluding hydrogens is 1600 g/mol. The molecule has 0 aromatic heterocycles. The molecule has 0 aromatic carbocycles. The van der Waals surface area contributed by atoms with E-state index in [1.807, 2.05) is 33.8 Å². The van der Waals surface area contributed by atoms with E-state index in [4.69, 9.17) is 0 Å². The number of hydrogen-bond donors (Lipinski definition) is 0. The summed E-state index contributed by atoms with van der Waals surface area (Å²) in [4.78, 5) is 69.3. The van der Waals surface area contributed by atoms with Crippen LogP contribution in [0.25, 0.3) is 0 Å². The Morgan fingerprint density at radius 3 is 0.781 bits per heavy atom. The molecule has 0 fully saturated rings. The lowest BCUT2D eigenvalue weighted by atomic mass is 10.3. The highest BCUT2D eigenvalue weighted by atomic mass is 19.4. The average Bonchev–Trinajstić information content (AvgIpc) is 0.847. The van der Waals surface area contributed by atoms with E-state index >= 15 is 0 Å². The van der Waals surface area contributed by atoms with Gasteiger partial charge in [0.15, 0.2) is 24.8 Å². The Bertz CT molecular complexity index is 2610. The minimum absolute atomic E-state index is 0.0185. The van der Waals surface area contributed by atoms with E-state index < -0.39 is 109 Å². The number of methoxy groups -OCH3 is 7. The van der Waals surface area contributed by atoms with Crippen LogP contribution < -0.4 is 0 Å². The smallest absolute Gasteiger partial charge is 0.449 e. The molecule has 0 aliphatic heterocycles. The third kappa shape index (κ3) is 321. The van der Waals surface area contributed by atoms with E-state index in [0.717, 1.165) is 33.5 Å². The second-order valence-corrected chi connectivity index (χ2v) is 16.5. The number of alkyl halides is 10. The zero-order chi connectivity index (χ0) is 96.6. The normalized spacial score (nSPS) is 8.04. The van der Waals surface area contributed by atoms with Gasteiger partial charge in [0.05, 0.1) is 72.4 Å². The highest BCUT2D eigenvalue weighted by molar-refractivity contribution is 5.90. The predicted molar refractivity (Wildman–Crippen MR) is 396 cm³/mol. The van der Waals surface area contributed by atoms with Crippen molar-refractivity contribution in [2.24, 2.45) is 0 Å². The predicted octanol–water partition coefficient (Wildman–Crippen LogP) is 25.3. The summed E-state index contributed by atoms with van der Waals surface area (Å²) in [5.41, 5.74) is -2.16. The largest absolute Gasteiger partial charge is 0.505 e. The molecule has 0 unspecified atom stereocenters. The molecule has 17 nitrogen and oxygen atoms in total. The Morgan fingerprint density at radius 1 is 0.447 bits per heavy atom. The van der Waals surface area contributed by atoms with Crippen molar-refractivity contribution in [1.82, 2.24) is 0 Å². The fourth-order valence-electron chi connectivity index (χ4n) is 1.49. The number of hydrogen-bond acceptors (Lipinski definition) is 17. The van der Waals surface area contributed by atoms with Gasteiger partial charge in [-0.2, -0.15) is 83.4 Å². The van der Waals surface area contributed by atoms with Gasteiger partial charge in [0.2, 0.25) is 11.3 Å². The van der Waals surface area contributed by atoms with E-state index in [1.54, 1.807) is 46.3 Å². The maximum absolute atomic E-state index is 11.6. The van der Waals surface area contributed by atoms with Gasteiger partial charge in [0, 0.05) is 46.6 Å². The molecule has 0 saturated heterocycles. The topological polar surface area (TPSA) is 212 Å². The SMILES string of the molecule is C=C(C)C.C=C(C)C(F)(F)F.C=C(C)F.C=C(C)OC(C)=O.C=C(OC(C)=O)C(F)(F)F.C=CC.C=CC.C=CC(=O)OC.C=CC(C)=O.C=CCC.C=CCOC.C=CCOC(C)=O.C=COC.CC(F)=C(F)F.CC=CF.COC(=O)C(=C(F)F)C(F)(F)F.COC(=O)C=C(F)F.COC=C(F)F.COCF.FC=C(F)F. The Kier molecular flexibility index (Phi) is 172. The van der Waals surface area contributed by atoms with Crippen molar-refractivity contribution >= 4 is 41.6 Å². The Labute approximate surface area is 653 Å². The number of carbonyl (C=O) groups excluding carboxylic acids is 7. The highest BCUT2D eigenvalue weighted by Crippen LogP contribution is 2.30. The van der Waals surface area contributed by atoms with E-state index in [0.29, 0.717) is 45.6 Å². The molecule has 0 aliphatic carbocycles. The first-order chi connectivity index (χ1) is 51.8. The molecule has 0 aliphatic rings. The van der Waals surface area contributed by atoms with Gasteiger partial charge in [-0.05, 0) is 81.7 Å². The van der Waals surface area contributed by atoms with Crippen molar-refractivity contribution in [2.75, 3.05) is 69.8 Å². The van der Waals surface area contributed by atoms with E-state index in [9.17, 15) is 139 Å². The Balaban J connectivity index is -0.0000000458. The van der Waals surface area contributed by atoms with Crippen molar-refractivity contribution < 1.29 is 186 Å². The van der Waals surface area contributed by atoms with Crippen LogP contribution in [0.1, 0.15) is 103 Å². The van der Waals surface area contributed by atoms with Gasteiger partial charge < -0.3 is 47.4 Å². The second kappa shape index (κ2) is 126. The molecule has 0 spiro atoms. The molecule has 0 N–H and O–H groups in total. The Morgan fingerprint density at radius 2 is 0.746 bits per heavy atom. The standard InChI is InChI=1S/C5H3F5O2.C5H5F3O2.2C5H8O2.C4H5F3.C4H4F2O2.C4H6O2.C4H8O.C4H6O.2C4H8.C3H3F3.C3H4F2O.2C3H5F.C3H6O.2C3H6.C2HF3.C2H5FO/c1-12-4(11)2(3(6)7)5(8,9)10;1-3(5(6,7)8)10-4(2)9;1-4(2)7-5(3)6;1-3-4-7-5(2)6;1-3(2)4(5,6)7;1-8-4(7)2-3(5)6;1-3-4(5)6-2;1-3-4-5-2;1-3-4(2)5;1-4(2)3;1-3-4-2;1-2(4)3(5)6;1-6-2-3(4)5;1-3(2)4;1-2-3-4;1-3-4-2;2*1-3-2;3-1-2(4)5;1-4-2-3/h1H3;1H2,2H3;1H2,2-3H3;3H,1,4H2,2H3;1H2,2H3;2H,1H3;3H,1H2,2H3;3H,1,4H2,2H3;3H,1H2,2H3;1H2,2-3H3;3H,1,4H2,2H3;1H3;2H,1H3;1H2,2H3;2-3H,1H3;3H,1H2,2H3;2*3H,1H2,2H3;1H;2H2,1H3. The van der Waals surface area contributed by atoms with Crippen molar-refractivity contribution in [3.63, 3.8) is 0 Å². The zero-order valence-electron chi connectivity index (χ0n) is 67.5. The summed E-state index contributed by atoms with van der Waals surface area (Å²) < 4.78 is 304. The molecule has 0 amide bonds. The van der Waals surface area contributed by atoms with Gasteiger partial charge >= 0.3 is 66.5 Å². The molecule has 114 heavy (non-hydrogen) atoms. The Hall–Kier alpha value is -10.6. The summed E-state index contributed by atoms with van der Waals surface area (Å²) in [6.45, 7) is 62.9. The molecular formula is C73H110F24O17. The molecule has 0 saturated carbocycles. The van der Waals surface area contributed by atoms with Gasteiger partial charge in [0.1, 0.15) is 12.9 Å². The molecule has 672 valence electrons. The van der Waals surface area contributed by atoms with Gasteiger partial charge in [0.25, 0.3) is 18.2 Å². The van der Waals surface area contributed by atoms with Crippen molar-refractivity contribution in [3.8, 4) is 0 Å². The average molecular weight is 1720 g/mol. The molecule has 41 heteroatoms. The third-order valence-electron chi connectivity index (χ3n) is 5.26. The molecule has 0 heterocycles. The van der Waals surface area contributed by atoms with Gasteiger partial charge in [-0.1, -0.05) is 102 Å². The summed E-state index contributed by atoms with van der Waals surface area (Å²) >= 11 is 0. The van der Waals surface area contributed by atoms with Crippen LogP contribution in [0.4, 0.5) is 105 Å². The number of allylic oxidation sites excluding steroid dienone is 11. The first-order valence-electron chi connectivity index (χ1n) is 29.2. The molecule has 0 bridgehead atoms. The monoisotopic (exact) mass is 1710 g/mol. The summed E-state index contributed by atoms with van der Waals surface area (Å²) in [6, 6.07) is 0. The van der Waals surface area contributed by atoms with E-state index in [2.05, 4.69) is 140 Å². The van der Waals surface area contributed by atoms with Crippen LogP contribution >= 0.6 is 0 Å². The summed E-state index contributed by atoms with van der Waals surface area (Å²) in [5.74, 6) is -7.90. The maximum atomic E-state index is 11.6. The lowest BCUT2D eigenvalue weighted by molar-refractivity contribution is -0.157. The van der Waals surface area contributed by atoms with E-state index in [1.165, 1.54) is 79.1 Å². The number of ether oxygens (including phenoxy) is 10. The summed E-state index contributed by atoms with van der Waals surface area (Å²) in [7, 11) is 8.59. The zero-order valence-corrected chi connectivity index (χ0v) is 67.5. The van der Waals surface area contributed by atoms with Crippen LogP contribution in [-0.2, 0) is 80.9 Å². The van der Waals surface area contributed by atoms with E-state index in [-0.39, 0.29) is 29.6 Å². The maximum Gasteiger partial charge on any atom is 0.449 e. The number of ketones is 1. The fourth-order valence-corrected chi connectivity index (χ4v) is 1.49. The fraction of sp³-hybridized carbons (Fsp3) is 0.384. The highest BCUT2D eigenvalue weighted by Gasteiger charge is 2.44. The van der Waals surface area contributed by atoms with Crippen LogP contribution in [0.15, 0.2) is 236 Å². The quantitative estimate of drug-likeness (QED) is 0.0395. The van der Waals surface area contributed by atoms with Crippen molar-refractivity contribution in [3.05, 3.63) is 236 Å². The third-order valence-corrected chi connectivity index (χ3v) is 5.26. The van der Waals surface area contributed by atoms with Crippen LogP contribution in [0, 0.1) is 0 Å². The molecule has 0 radical (unpaired) electrons. The molecule has 0 aromatic rings. The lowest BCUT2D eigenvalue weighted by Crippen LogP contribution is -2.22. The minimum Gasteiger partial charge on any atom is -0.505 e. The van der Waals surface area contributed by atoms with Crippen LogP contribution in [0.5, 0.6) is 0 Å². The summed E-state index contributed by atoms with van der Waals surface area (Å²) in [6.07, 6.45) is -10.7. The molecule has 0 atom stereocenters. The number of halogens is 24. The van der Waals surface area contributed by atoms with Crippen LogP contribution in [0.3, 0.4) is 0 Å². The van der Waals surface area contributed by atoms with Gasteiger partial charge in [-0.15, -0.1) is 32.9 Å². The minimum atomic E-state index is -5.38. The number of rotatable bonds is 14. The first-order valence-corrected chi connectivity index (χ1v) is 29.2. The second-order valence-electron chi connectivity index (χ2n) is 16.5. The number of esters is 6. The van der Waals surface area contributed by atoms with Crippen LogP contribution in [0.2, 0.25) is 0 Å². The summed E-state index contributed by atoms with van der Waals surface area (Å²) in [5, 5.41) is 0. The van der Waals surface area contributed by atoms with Gasteiger partial charge in [-0.25, -0.2) is 36.3 Å².